The molecule has 0 aliphatic carbocycles. The number of methoxy groups -OCH3 is 1. The van der Waals surface area contributed by atoms with E-state index >= 15 is 0 Å². The number of aliphatic hydroxyl groups is 1. The molecule has 1 heterocycles. The van der Waals surface area contributed by atoms with Gasteiger partial charge in [-0.05, 0) is 25.5 Å². The minimum atomic E-state index is -0.895. The van der Waals surface area contributed by atoms with Crippen molar-refractivity contribution in [3.8, 4) is 5.75 Å². The van der Waals surface area contributed by atoms with E-state index in [0.29, 0.717) is 13.0 Å². The van der Waals surface area contributed by atoms with Gasteiger partial charge >= 0.3 is 5.69 Å². The van der Waals surface area contributed by atoms with Crippen LogP contribution in [0.25, 0.3) is 0 Å². The number of rotatable bonds is 3. The van der Waals surface area contributed by atoms with Crippen molar-refractivity contribution in [3.63, 3.8) is 0 Å². The number of nitro groups is 1. The number of nitro benzene ring substituents is 1. The van der Waals surface area contributed by atoms with Crippen LogP contribution in [0.3, 0.4) is 0 Å². The fraction of sp³-hybridized carbons (Fsp3) is 0.462. The number of ether oxygens (including phenoxy) is 1. The lowest BCUT2D eigenvalue weighted by Gasteiger charge is -2.19. The van der Waals surface area contributed by atoms with E-state index in [4.69, 9.17) is 4.74 Å². The van der Waals surface area contributed by atoms with Crippen LogP contribution < -0.4 is 4.74 Å². The molecule has 0 saturated carbocycles. The molecule has 20 heavy (non-hydrogen) atoms. The number of amides is 1. The highest BCUT2D eigenvalue weighted by atomic mass is 16.6. The molecule has 1 amide bonds. The summed E-state index contributed by atoms with van der Waals surface area (Å²) < 4.78 is 4.89. The first kappa shape index (κ1) is 14.3. The molecular formula is C13H16N2O5. The second-order valence-electron chi connectivity index (χ2n) is 5.12. The first-order chi connectivity index (χ1) is 9.34. The topological polar surface area (TPSA) is 92.9 Å². The standard InChI is InChI=1S/C13H16N2O5/c1-13(17)5-6-14(8-13)12(16)9-3-4-11(20-2)10(7-9)15(18)19/h3-4,7,17H,5-6,8H2,1-2H3. The number of β-amino-alcohol motifs (C(OH)–C–C–N with tert-alkyl or cyclic N) is 1. The number of hydrogen-bond acceptors (Lipinski definition) is 5. The van der Waals surface area contributed by atoms with Crippen molar-refractivity contribution in [2.24, 2.45) is 0 Å². The maximum absolute atomic E-state index is 12.3. The molecule has 7 heteroatoms. The van der Waals surface area contributed by atoms with E-state index in [2.05, 4.69) is 0 Å². The number of benzene rings is 1. The van der Waals surface area contributed by atoms with Crippen LogP contribution >= 0.6 is 0 Å². The summed E-state index contributed by atoms with van der Waals surface area (Å²) in [4.78, 5) is 24.1. The van der Waals surface area contributed by atoms with Crippen molar-refractivity contribution in [1.82, 2.24) is 4.90 Å². The van der Waals surface area contributed by atoms with Gasteiger partial charge in [-0.2, -0.15) is 0 Å². The zero-order valence-corrected chi connectivity index (χ0v) is 11.3. The summed E-state index contributed by atoms with van der Waals surface area (Å²) >= 11 is 0. The molecule has 1 unspecified atom stereocenters. The van der Waals surface area contributed by atoms with Crippen LogP contribution in [-0.4, -0.2) is 46.6 Å². The van der Waals surface area contributed by atoms with Gasteiger partial charge in [0.15, 0.2) is 5.75 Å². The van der Waals surface area contributed by atoms with E-state index in [0.717, 1.165) is 0 Å². The molecule has 0 aromatic heterocycles. The third-order valence-corrected chi connectivity index (χ3v) is 3.36. The molecule has 1 aliphatic heterocycles. The summed E-state index contributed by atoms with van der Waals surface area (Å²) in [5, 5.41) is 20.8. The van der Waals surface area contributed by atoms with Crippen LogP contribution in [0.15, 0.2) is 18.2 Å². The second-order valence-corrected chi connectivity index (χ2v) is 5.12. The van der Waals surface area contributed by atoms with Gasteiger partial charge in [0.25, 0.3) is 5.91 Å². The highest BCUT2D eigenvalue weighted by molar-refractivity contribution is 5.95. The van der Waals surface area contributed by atoms with E-state index in [9.17, 15) is 20.0 Å². The maximum atomic E-state index is 12.3. The van der Waals surface area contributed by atoms with Crippen LogP contribution in [0.2, 0.25) is 0 Å². The summed E-state index contributed by atoms with van der Waals surface area (Å²) in [6, 6.07) is 4.09. The van der Waals surface area contributed by atoms with E-state index in [-0.39, 0.29) is 29.5 Å². The molecule has 0 radical (unpaired) electrons. The Balaban J connectivity index is 2.27. The fourth-order valence-corrected chi connectivity index (χ4v) is 2.27. The Kier molecular flexibility index (Phi) is 3.63. The van der Waals surface area contributed by atoms with Crippen LogP contribution in [0.4, 0.5) is 5.69 Å². The van der Waals surface area contributed by atoms with E-state index in [1.54, 1.807) is 6.92 Å². The van der Waals surface area contributed by atoms with Gasteiger partial charge in [-0.15, -0.1) is 0 Å². The molecule has 1 saturated heterocycles. The minimum absolute atomic E-state index is 0.111. The predicted octanol–water partition coefficient (Wildman–Crippen LogP) is 1.20. The highest BCUT2D eigenvalue weighted by Gasteiger charge is 2.34. The Hall–Kier alpha value is -2.15. The van der Waals surface area contributed by atoms with Gasteiger partial charge < -0.3 is 14.7 Å². The molecule has 0 spiro atoms. The van der Waals surface area contributed by atoms with Gasteiger partial charge in [-0.3, -0.25) is 14.9 Å². The van der Waals surface area contributed by atoms with Gasteiger partial charge in [0, 0.05) is 24.7 Å². The van der Waals surface area contributed by atoms with Crippen molar-refractivity contribution in [2.75, 3.05) is 20.2 Å². The lowest BCUT2D eigenvalue weighted by atomic mass is 10.1. The monoisotopic (exact) mass is 280 g/mol. The van der Waals surface area contributed by atoms with Gasteiger partial charge in [0.2, 0.25) is 0 Å². The molecule has 1 aliphatic rings. The highest BCUT2D eigenvalue weighted by Crippen LogP contribution is 2.29. The van der Waals surface area contributed by atoms with Crippen molar-refractivity contribution < 1.29 is 19.6 Å². The lowest BCUT2D eigenvalue weighted by Crippen LogP contribution is -2.33. The third kappa shape index (κ3) is 2.72. The Morgan fingerprint density at radius 1 is 1.55 bits per heavy atom. The number of nitrogens with zero attached hydrogens (tertiary/aromatic N) is 2. The number of hydrogen-bond donors (Lipinski definition) is 1. The molecule has 1 aromatic rings. The van der Waals surface area contributed by atoms with Crippen LogP contribution in [-0.2, 0) is 0 Å². The predicted molar refractivity (Wildman–Crippen MR) is 70.8 cm³/mol. The van der Waals surface area contributed by atoms with Gasteiger partial charge in [0.05, 0.1) is 17.6 Å². The van der Waals surface area contributed by atoms with E-state index < -0.39 is 10.5 Å². The van der Waals surface area contributed by atoms with Crippen LogP contribution in [0, 0.1) is 10.1 Å². The molecule has 1 aromatic carbocycles. The SMILES string of the molecule is COc1ccc(C(=O)N2CCC(C)(O)C2)cc1[N+](=O)[O-]. The fourth-order valence-electron chi connectivity index (χ4n) is 2.27. The number of carbonyl (C=O) groups is 1. The summed E-state index contributed by atoms with van der Waals surface area (Å²) in [6.45, 7) is 2.33. The minimum Gasteiger partial charge on any atom is -0.490 e. The largest absolute Gasteiger partial charge is 0.490 e. The zero-order valence-electron chi connectivity index (χ0n) is 11.3. The van der Waals surface area contributed by atoms with Crippen molar-refractivity contribution >= 4 is 11.6 Å². The molecule has 108 valence electrons. The normalized spacial score (nSPS) is 21.9. The van der Waals surface area contributed by atoms with Crippen molar-refractivity contribution in [1.29, 1.82) is 0 Å². The first-order valence-electron chi connectivity index (χ1n) is 6.18. The quantitative estimate of drug-likeness (QED) is 0.663. The molecule has 1 atom stereocenters. The molecule has 7 nitrogen and oxygen atoms in total. The smallest absolute Gasteiger partial charge is 0.311 e. The average molecular weight is 280 g/mol. The summed E-state index contributed by atoms with van der Waals surface area (Å²) in [7, 11) is 1.33. The lowest BCUT2D eigenvalue weighted by molar-refractivity contribution is -0.385. The first-order valence-corrected chi connectivity index (χ1v) is 6.18. The maximum Gasteiger partial charge on any atom is 0.311 e. The Morgan fingerprint density at radius 3 is 2.75 bits per heavy atom. The van der Waals surface area contributed by atoms with Crippen molar-refractivity contribution in [3.05, 3.63) is 33.9 Å². The molecule has 2 rings (SSSR count). The van der Waals surface area contributed by atoms with Gasteiger partial charge in [0.1, 0.15) is 0 Å². The van der Waals surface area contributed by atoms with Crippen LogP contribution in [0.5, 0.6) is 5.75 Å². The molecular weight excluding hydrogens is 264 g/mol. The van der Waals surface area contributed by atoms with Gasteiger partial charge in [-0.25, -0.2) is 0 Å². The average Bonchev–Trinajstić information content (AvgIpc) is 2.77. The Morgan fingerprint density at radius 2 is 2.25 bits per heavy atom. The summed E-state index contributed by atoms with van der Waals surface area (Å²) in [5.41, 5.74) is -0.923. The Bertz CT molecular complexity index is 556. The summed E-state index contributed by atoms with van der Waals surface area (Å²) in [5.74, 6) is -0.214. The van der Waals surface area contributed by atoms with E-state index in [1.165, 1.54) is 30.2 Å². The molecule has 1 N–H and O–H groups in total. The van der Waals surface area contributed by atoms with Crippen LogP contribution in [0.1, 0.15) is 23.7 Å². The van der Waals surface area contributed by atoms with Gasteiger partial charge in [-0.1, -0.05) is 0 Å². The second kappa shape index (κ2) is 5.09. The molecule has 1 fully saturated rings. The number of carbonyl (C=O) groups excluding carboxylic acids is 1. The van der Waals surface area contributed by atoms with Crippen molar-refractivity contribution in [2.45, 2.75) is 18.9 Å². The third-order valence-electron chi connectivity index (χ3n) is 3.36. The zero-order chi connectivity index (χ0) is 14.9. The number of likely N-dealkylation sites (tertiary alicyclic amines) is 1. The Labute approximate surface area is 115 Å². The van der Waals surface area contributed by atoms with E-state index in [1.807, 2.05) is 0 Å². The molecule has 0 bridgehead atoms. The summed E-state index contributed by atoms with van der Waals surface area (Å²) in [6.07, 6.45) is 0.497.